The fraction of sp³-hybridized carbons (Fsp3) is 0.909. The zero-order valence-corrected chi connectivity index (χ0v) is 8.08. The van der Waals surface area contributed by atoms with Crippen molar-refractivity contribution in [3.05, 3.63) is 0 Å². The number of ether oxygens (including phenoxy) is 1. The van der Waals surface area contributed by atoms with Crippen molar-refractivity contribution in [2.75, 3.05) is 7.11 Å². The Labute approximate surface area is 78.6 Å². The molecule has 13 heavy (non-hydrogen) atoms. The van der Waals surface area contributed by atoms with Gasteiger partial charge in [0, 0.05) is 13.0 Å². The molecule has 0 saturated heterocycles. The summed E-state index contributed by atoms with van der Waals surface area (Å²) in [5, 5.41) is 0. The normalized spacial score (nSPS) is 53.0. The van der Waals surface area contributed by atoms with Gasteiger partial charge in [-0.05, 0) is 43.9 Å². The molecule has 0 aromatic heterocycles. The molecule has 4 fully saturated rings. The lowest BCUT2D eigenvalue weighted by atomic mass is 9.54. The van der Waals surface area contributed by atoms with Gasteiger partial charge in [-0.2, -0.15) is 0 Å². The van der Waals surface area contributed by atoms with Crippen LogP contribution in [0.15, 0.2) is 0 Å². The van der Waals surface area contributed by atoms with E-state index in [1.165, 1.54) is 6.42 Å². The van der Waals surface area contributed by atoms with E-state index in [0.29, 0.717) is 11.7 Å². The second-order valence-electron chi connectivity index (χ2n) is 5.11. The lowest BCUT2D eigenvalue weighted by Gasteiger charge is -2.54. The zero-order valence-electron chi connectivity index (χ0n) is 8.08. The summed E-state index contributed by atoms with van der Waals surface area (Å²) in [7, 11) is 1.71. The van der Waals surface area contributed by atoms with Crippen molar-refractivity contribution in [2.45, 2.75) is 37.7 Å². The highest BCUT2D eigenvalue weighted by Crippen LogP contribution is 2.54. The van der Waals surface area contributed by atoms with E-state index in [4.69, 9.17) is 4.74 Å². The number of carbonyl (C=O) groups is 1. The van der Waals surface area contributed by atoms with Gasteiger partial charge in [-0.3, -0.25) is 4.79 Å². The third-order valence-electron chi connectivity index (χ3n) is 4.35. The molecule has 2 heteroatoms. The van der Waals surface area contributed by atoms with E-state index in [-0.39, 0.29) is 5.60 Å². The first-order valence-electron chi connectivity index (χ1n) is 5.33. The molecule has 0 spiro atoms. The Bertz CT molecular complexity index is 245. The molecule has 4 atom stereocenters. The smallest absolute Gasteiger partial charge is 0.167 e. The summed E-state index contributed by atoms with van der Waals surface area (Å²) >= 11 is 0. The van der Waals surface area contributed by atoms with E-state index in [1.54, 1.807) is 7.11 Å². The predicted octanol–water partition coefficient (Wildman–Crippen LogP) is 1.78. The van der Waals surface area contributed by atoms with Crippen molar-refractivity contribution in [3.63, 3.8) is 0 Å². The van der Waals surface area contributed by atoms with Gasteiger partial charge in [-0.1, -0.05) is 0 Å². The van der Waals surface area contributed by atoms with E-state index >= 15 is 0 Å². The number of hydrogen-bond acceptors (Lipinski definition) is 2. The van der Waals surface area contributed by atoms with Crippen molar-refractivity contribution in [3.8, 4) is 0 Å². The highest BCUT2D eigenvalue weighted by atomic mass is 18.1. The fourth-order valence-electron chi connectivity index (χ4n) is 3.97. The van der Waals surface area contributed by atoms with Crippen molar-refractivity contribution in [1.82, 2.24) is 0 Å². The quantitative estimate of drug-likeness (QED) is 0.578. The third kappa shape index (κ3) is 0.899. The van der Waals surface area contributed by atoms with Crippen LogP contribution in [0.2, 0.25) is 0 Å². The number of carbonyl (C=O) groups excluding carboxylic acids is 1. The lowest BCUT2D eigenvalue weighted by Crippen LogP contribution is -2.58. The minimum absolute atomic E-state index is 0.339. The van der Waals surface area contributed by atoms with Gasteiger partial charge in [0.05, 0.1) is 0 Å². The summed E-state index contributed by atoms with van der Waals surface area (Å²) in [5.41, 5.74) is -0.339. The first-order valence-corrected chi connectivity index (χ1v) is 5.33. The molecule has 72 valence electrons. The summed E-state index contributed by atoms with van der Waals surface area (Å²) in [4.78, 5) is 12.0. The van der Waals surface area contributed by atoms with Gasteiger partial charge in [0.25, 0.3) is 0 Å². The molecule has 4 aliphatic carbocycles. The predicted molar refractivity (Wildman–Crippen MR) is 48.3 cm³/mol. The Balaban J connectivity index is 2.00. The fourth-order valence-corrected chi connectivity index (χ4v) is 3.97. The standard InChI is InChI=1S/C11H16O2/c1-13-11-5-7-2-8(6-11)4-9(3-7)10(11)12/h7-9H,2-6H2,1H3/t7-,8+,9?,11?/i12+2. The largest absolute Gasteiger partial charge is 0.370 e. The summed E-state index contributed by atoms with van der Waals surface area (Å²) in [5.74, 6) is 2.35. The van der Waals surface area contributed by atoms with Crippen LogP contribution >= 0.6 is 0 Å². The molecule has 0 radical (unpaired) electrons. The van der Waals surface area contributed by atoms with Crippen LogP contribution in [-0.2, 0) is 9.53 Å². The Morgan fingerprint density at radius 1 is 1.23 bits per heavy atom. The highest BCUT2D eigenvalue weighted by Gasteiger charge is 2.57. The summed E-state index contributed by atoms with van der Waals surface area (Å²) in [6, 6.07) is 0. The number of hydrogen-bond donors (Lipinski definition) is 0. The minimum Gasteiger partial charge on any atom is -0.370 e. The molecule has 4 bridgehead atoms. The van der Waals surface area contributed by atoms with Gasteiger partial charge in [-0.15, -0.1) is 0 Å². The maximum atomic E-state index is 12.0. The van der Waals surface area contributed by atoms with Crippen molar-refractivity contribution >= 4 is 5.78 Å². The van der Waals surface area contributed by atoms with Crippen LogP contribution in [0.3, 0.4) is 0 Å². The van der Waals surface area contributed by atoms with Crippen LogP contribution in [0, 0.1) is 17.8 Å². The molecule has 0 aromatic carbocycles. The van der Waals surface area contributed by atoms with Gasteiger partial charge >= 0.3 is 0 Å². The summed E-state index contributed by atoms with van der Waals surface area (Å²) in [6.07, 6.45) is 5.68. The Kier molecular flexibility index (Phi) is 1.44. The summed E-state index contributed by atoms with van der Waals surface area (Å²) in [6.45, 7) is 0. The van der Waals surface area contributed by atoms with Gasteiger partial charge in [-0.25, -0.2) is 0 Å². The van der Waals surface area contributed by atoms with E-state index in [2.05, 4.69) is 0 Å². The zero-order chi connectivity index (χ0) is 9.05. The average molecular weight is 182 g/mol. The van der Waals surface area contributed by atoms with Crippen LogP contribution in [0.5, 0.6) is 0 Å². The van der Waals surface area contributed by atoms with Crippen molar-refractivity contribution < 1.29 is 9.53 Å². The van der Waals surface area contributed by atoms with E-state index in [9.17, 15) is 4.79 Å². The maximum Gasteiger partial charge on any atom is 0.167 e. The number of ketones is 1. The van der Waals surface area contributed by atoms with Crippen LogP contribution < -0.4 is 0 Å². The Morgan fingerprint density at radius 2 is 1.85 bits per heavy atom. The molecule has 4 rings (SSSR count). The molecule has 0 heterocycles. The number of methoxy groups -OCH3 is 1. The molecule has 0 aromatic rings. The second-order valence-corrected chi connectivity index (χ2v) is 5.11. The topological polar surface area (TPSA) is 26.3 Å². The van der Waals surface area contributed by atoms with Crippen LogP contribution in [-0.4, -0.2) is 18.5 Å². The number of Topliss-reactive ketones (excluding diaryl/α,β-unsaturated/α-hetero) is 1. The van der Waals surface area contributed by atoms with E-state index in [1.807, 2.05) is 0 Å². The highest BCUT2D eigenvalue weighted by molar-refractivity contribution is 5.91. The molecule has 0 N–H and O–H groups in total. The third-order valence-corrected chi connectivity index (χ3v) is 4.35. The molecule has 0 amide bonds. The van der Waals surface area contributed by atoms with Crippen molar-refractivity contribution in [1.29, 1.82) is 0 Å². The van der Waals surface area contributed by atoms with Gasteiger partial charge < -0.3 is 4.74 Å². The molecular weight excluding hydrogens is 166 g/mol. The average Bonchev–Trinajstić information content (AvgIpc) is 2.12. The minimum atomic E-state index is -0.339. The number of rotatable bonds is 1. The Hall–Kier alpha value is -0.370. The van der Waals surface area contributed by atoms with Crippen LogP contribution in [0.1, 0.15) is 32.1 Å². The SMILES string of the molecule is COC12C[C@@H]3CC(C[C@@H](C3)C1)C2=[18O]. The molecule has 4 saturated carbocycles. The lowest BCUT2D eigenvalue weighted by molar-refractivity contribution is -0.175. The monoisotopic (exact) mass is 182 g/mol. The molecule has 0 aliphatic heterocycles. The maximum absolute atomic E-state index is 12.0. The van der Waals surface area contributed by atoms with E-state index in [0.717, 1.165) is 37.5 Å². The van der Waals surface area contributed by atoms with Crippen LogP contribution in [0.25, 0.3) is 0 Å². The van der Waals surface area contributed by atoms with Crippen LogP contribution in [0.4, 0.5) is 0 Å². The van der Waals surface area contributed by atoms with Gasteiger partial charge in [0.1, 0.15) is 5.60 Å². The Morgan fingerprint density at radius 3 is 2.38 bits per heavy atom. The van der Waals surface area contributed by atoms with E-state index < -0.39 is 0 Å². The molecule has 2 nitrogen and oxygen atoms in total. The van der Waals surface area contributed by atoms with Gasteiger partial charge in [0.15, 0.2) is 5.78 Å². The van der Waals surface area contributed by atoms with Crippen molar-refractivity contribution in [2.24, 2.45) is 17.8 Å². The van der Waals surface area contributed by atoms with Gasteiger partial charge in [0.2, 0.25) is 0 Å². The molecule has 2 unspecified atom stereocenters. The summed E-state index contributed by atoms with van der Waals surface area (Å²) < 4.78 is 5.51. The first kappa shape index (κ1) is 7.98. The first-order chi connectivity index (χ1) is 6.23. The second kappa shape index (κ2) is 2.35. The molecule has 4 aliphatic rings. The molecular formula is C11H16O2.